The van der Waals surface area contributed by atoms with Crippen molar-refractivity contribution in [2.24, 2.45) is 5.92 Å². The van der Waals surface area contributed by atoms with Gasteiger partial charge < -0.3 is 0 Å². The summed E-state index contributed by atoms with van der Waals surface area (Å²) in [5, 5.41) is 1.97. The normalized spacial score (nSPS) is 19.6. The maximum Gasteiger partial charge on any atom is 0.177 e. The van der Waals surface area contributed by atoms with Crippen molar-refractivity contribution in [3.63, 3.8) is 0 Å². The SMILES string of the molecule is Cc1cnc(CN2CCCC(C(=O)c3cccs3)C2)cn1. The predicted molar refractivity (Wildman–Crippen MR) is 83.4 cm³/mol. The molecule has 1 aliphatic rings. The molecule has 0 radical (unpaired) electrons. The number of ketones is 1. The number of hydrogen-bond donors (Lipinski definition) is 0. The van der Waals surface area contributed by atoms with Crippen LogP contribution in [-0.4, -0.2) is 33.7 Å². The fourth-order valence-corrected chi connectivity index (χ4v) is 3.51. The van der Waals surface area contributed by atoms with Crippen molar-refractivity contribution in [1.29, 1.82) is 0 Å². The van der Waals surface area contributed by atoms with E-state index in [1.54, 1.807) is 17.5 Å². The van der Waals surface area contributed by atoms with E-state index in [0.717, 1.165) is 48.7 Å². The standard InChI is InChI=1S/C16H19N3OS/c1-12-8-18-14(9-17-12)11-19-6-2-4-13(10-19)16(20)15-5-3-7-21-15/h3,5,7-9,13H,2,4,6,10-11H2,1H3. The molecular formula is C16H19N3OS. The lowest BCUT2D eigenvalue weighted by atomic mass is 9.93. The van der Waals surface area contributed by atoms with Crippen molar-refractivity contribution >= 4 is 17.1 Å². The number of nitrogens with zero attached hydrogens (tertiary/aromatic N) is 3. The zero-order valence-corrected chi connectivity index (χ0v) is 13.0. The highest BCUT2D eigenvalue weighted by atomic mass is 32.1. The van der Waals surface area contributed by atoms with Gasteiger partial charge in [-0.1, -0.05) is 6.07 Å². The Labute approximate surface area is 128 Å². The topological polar surface area (TPSA) is 46.1 Å². The van der Waals surface area contributed by atoms with Crippen LogP contribution < -0.4 is 0 Å². The third-order valence-corrected chi connectivity index (χ3v) is 4.74. The molecule has 0 amide bonds. The number of rotatable bonds is 4. The minimum atomic E-state index is 0.121. The third-order valence-electron chi connectivity index (χ3n) is 3.86. The summed E-state index contributed by atoms with van der Waals surface area (Å²) in [4.78, 5) is 24.4. The average Bonchev–Trinajstić information content (AvgIpc) is 3.03. The number of piperidine rings is 1. The lowest BCUT2D eigenvalue weighted by Crippen LogP contribution is -2.38. The second kappa shape index (κ2) is 6.45. The zero-order valence-electron chi connectivity index (χ0n) is 12.2. The van der Waals surface area contributed by atoms with E-state index in [1.165, 1.54) is 0 Å². The van der Waals surface area contributed by atoms with Crippen LogP contribution in [0.1, 0.15) is 33.9 Å². The maximum atomic E-state index is 12.5. The Balaban J connectivity index is 1.63. The van der Waals surface area contributed by atoms with Crippen LogP contribution in [0.2, 0.25) is 0 Å². The minimum Gasteiger partial charge on any atom is -0.297 e. The molecule has 2 aromatic heterocycles. The number of carbonyl (C=O) groups excluding carboxylic acids is 1. The molecule has 0 aromatic carbocycles. The minimum absolute atomic E-state index is 0.121. The molecule has 0 saturated carbocycles. The molecule has 110 valence electrons. The molecule has 0 bridgehead atoms. The fraction of sp³-hybridized carbons (Fsp3) is 0.438. The highest BCUT2D eigenvalue weighted by molar-refractivity contribution is 7.12. The molecule has 3 rings (SSSR count). The smallest absolute Gasteiger partial charge is 0.177 e. The lowest BCUT2D eigenvalue weighted by Gasteiger charge is -2.31. The van der Waals surface area contributed by atoms with Crippen LogP contribution >= 0.6 is 11.3 Å². The summed E-state index contributed by atoms with van der Waals surface area (Å²) in [6.45, 7) is 4.57. The summed E-state index contributed by atoms with van der Waals surface area (Å²) < 4.78 is 0. The van der Waals surface area contributed by atoms with E-state index in [1.807, 2.05) is 30.6 Å². The van der Waals surface area contributed by atoms with Gasteiger partial charge >= 0.3 is 0 Å². The van der Waals surface area contributed by atoms with E-state index in [0.29, 0.717) is 5.78 Å². The zero-order chi connectivity index (χ0) is 14.7. The van der Waals surface area contributed by atoms with Crippen molar-refractivity contribution < 1.29 is 4.79 Å². The van der Waals surface area contributed by atoms with E-state index in [-0.39, 0.29) is 5.92 Å². The van der Waals surface area contributed by atoms with Gasteiger partial charge in [0.25, 0.3) is 0 Å². The van der Waals surface area contributed by atoms with Crippen LogP contribution in [0.15, 0.2) is 29.9 Å². The first-order valence-electron chi connectivity index (χ1n) is 7.30. The summed E-state index contributed by atoms with van der Waals surface area (Å²) in [5.41, 5.74) is 1.91. The number of aromatic nitrogens is 2. The Kier molecular flexibility index (Phi) is 4.41. The van der Waals surface area contributed by atoms with Gasteiger partial charge in [0.1, 0.15) is 0 Å². The van der Waals surface area contributed by atoms with Gasteiger partial charge in [0, 0.05) is 31.4 Å². The van der Waals surface area contributed by atoms with Gasteiger partial charge in [0.05, 0.1) is 16.3 Å². The van der Waals surface area contributed by atoms with Crippen LogP contribution in [-0.2, 0) is 6.54 Å². The van der Waals surface area contributed by atoms with Crippen LogP contribution in [0.3, 0.4) is 0 Å². The predicted octanol–water partition coefficient (Wildman–Crippen LogP) is 2.94. The Morgan fingerprint density at radius 2 is 2.33 bits per heavy atom. The molecule has 5 heteroatoms. The summed E-state index contributed by atoms with van der Waals surface area (Å²) >= 11 is 1.54. The molecule has 1 atom stereocenters. The van der Waals surface area contributed by atoms with Gasteiger partial charge in [0.2, 0.25) is 0 Å². The molecule has 0 N–H and O–H groups in total. The number of aryl methyl sites for hydroxylation is 1. The molecule has 0 spiro atoms. The largest absolute Gasteiger partial charge is 0.297 e. The number of hydrogen-bond acceptors (Lipinski definition) is 5. The highest BCUT2D eigenvalue weighted by Crippen LogP contribution is 2.23. The van der Waals surface area contributed by atoms with Crippen LogP contribution in [0, 0.1) is 12.8 Å². The Morgan fingerprint density at radius 1 is 1.43 bits per heavy atom. The first kappa shape index (κ1) is 14.4. The monoisotopic (exact) mass is 301 g/mol. The lowest BCUT2D eigenvalue weighted by molar-refractivity contribution is 0.0814. The molecule has 1 saturated heterocycles. The summed E-state index contributed by atoms with van der Waals surface area (Å²) in [6, 6.07) is 3.87. The quantitative estimate of drug-likeness (QED) is 0.815. The van der Waals surface area contributed by atoms with Crippen molar-refractivity contribution in [1.82, 2.24) is 14.9 Å². The summed E-state index contributed by atoms with van der Waals surface area (Å²) in [7, 11) is 0. The van der Waals surface area contributed by atoms with E-state index in [9.17, 15) is 4.79 Å². The Bertz CT molecular complexity index is 594. The number of carbonyl (C=O) groups is 1. The molecule has 1 unspecified atom stereocenters. The van der Waals surface area contributed by atoms with E-state index >= 15 is 0 Å². The van der Waals surface area contributed by atoms with Gasteiger partial charge in [-0.2, -0.15) is 0 Å². The average molecular weight is 301 g/mol. The van der Waals surface area contributed by atoms with Crippen molar-refractivity contribution in [3.8, 4) is 0 Å². The van der Waals surface area contributed by atoms with E-state index < -0.39 is 0 Å². The first-order chi connectivity index (χ1) is 10.2. The Hall–Kier alpha value is -1.59. The van der Waals surface area contributed by atoms with Gasteiger partial charge in [-0.3, -0.25) is 19.7 Å². The first-order valence-corrected chi connectivity index (χ1v) is 8.18. The van der Waals surface area contributed by atoms with Gasteiger partial charge in [-0.15, -0.1) is 11.3 Å². The number of likely N-dealkylation sites (tertiary alicyclic amines) is 1. The van der Waals surface area contributed by atoms with Crippen molar-refractivity contribution in [2.45, 2.75) is 26.3 Å². The molecule has 2 aromatic rings. The van der Waals surface area contributed by atoms with Crippen molar-refractivity contribution in [3.05, 3.63) is 46.2 Å². The van der Waals surface area contributed by atoms with Crippen LogP contribution in [0.5, 0.6) is 0 Å². The molecule has 4 nitrogen and oxygen atoms in total. The molecular weight excluding hydrogens is 282 g/mol. The number of thiophene rings is 1. The highest BCUT2D eigenvalue weighted by Gasteiger charge is 2.27. The third kappa shape index (κ3) is 3.54. The summed E-state index contributed by atoms with van der Waals surface area (Å²) in [6.07, 6.45) is 5.70. The van der Waals surface area contributed by atoms with Crippen LogP contribution in [0.4, 0.5) is 0 Å². The summed E-state index contributed by atoms with van der Waals surface area (Å²) in [5.74, 6) is 0.417. The van der Waals surface area contributed by atoms with Crippen molar-refractivity contribution in [2.75, 3.05) is 13.1 Å². The Morgan fingerprint density at radius 3 is 3.05 bits per heavy atom. The molecule has 0 aliphatic carbocycles. The van der Waals surface area contributed by atoms with E-state index in [2.05, 4.69) is 14.9 Å². The van der Waals surface area contributed by atoms with E-state index in [4.69, 9.17) is 0 Å². The van der Waals surface area contributed by atoms with Gasteiger partial charge in [-0.25, -0.2) is 0 Å². The van der Waals surface area contributed by atoms with Gasteiger partial charge in [-0.05, 0) is 37.8 Å². The molecule has 1 aliphatic heterocycles. The second-order valence-corrected chi connectivity index (χ2v) is 6.51. The molecule has 3 heterocycles. The molecule has 21 heavy (non-hydrogen) atoms. The van der Waals surface area contributed by atoms with Gasteiger partial charge in [0.15, 0.2) is 5.78 Å². The second-order valence-electron chi connectivity index (χ2n) is 5.56. The number of Topliss-reactive ketones (excluding diaryl/α,β-unsaturated/α-hetero) is 1. The fourth-order valence-electron chi connectivity index (χ4n) is 2.76. The van der Waals surface area contributed by atoms with Crippen LogP contribution in [0.25, 0.3) is 0 Å². The molecule has 1 fully saturated rings. The maximum absolute atomic E-state index is 12.5.